The van der Waals surface area contributed by atoms with Crippen LogP contribution in [0.3, 0.4) is 0 Å². The Balaban J connectivity index is 1.14. The number of nitrogens with two attached hydrogens (primary N) is 1. The van der Waals surface area contributed by atoms with Gasteiger partial charge >= 0.3 is 0 Å². The first kappa shape index (κ1) is 21.7. The third kappa shape index (κ3) is 3.64. The van der Waals surface area contributed by atoms with Crippen LogP contribution in [0.4, 0.5) is 5.82 Å². The first-order valence-corrected chi connectivity index (χ1v) is 12.7. The topological polar surface area (TPSA) is 108 Å². The van der Waals surface area contributed by atoms with Crippen molar-refractivity contribution in [1.82, 2.24) is 29.2 Å². The van der Waals surface area contributed by atoms with Crippen molar-refractivity contribution in [3.8, 4) is 11.4 Å². The number of nitrogens with one attached hydrogen (secondary N) is 2. The molecule has 8 heteroatoms. The smallest absolute Gasteiger partial charge is 0.227 e. The minimum Gasteiger partial charge on any atom is -0.382 e. The van der Waals surface area contributed by atoms with Gasteiger partial charge in [-0.25, -0.2) is 9.97 Å². The van der Waals surface area contributed by atoms with Crippen molar-refractivity contribution in [2.45, 2.75) is 25.2 Å². The van der Waals surface area contributed by atoms with Gasteiger partial charge in [0.05, 0.1) is 12.1 Å². The lowest BCUT2D eigenvalue weighted by molar-refractivity contribution is -0.131. The molecule has 5 heterocycles. The number of carbonyl (C=O) groups excluding carboxylic acids is 1. The molecule has 1 aliphatic heterocycles. The summed E-state index contributed by atoms with van der Waals surface area (Å²) in [4.78, 5) is 31.3. The number of nitrogen functional groups attached to an aromatic ring is 1. The minimum absolute atomic E-state index is 0.170. The van der Waals surface area contributed by atoms with Gasteiger partial charge in [-0.3, -0.25) is 9.20 Å². The van der Waals surface area contributed by atoms with Crippen LogP contribution in [0.25, 0.3) is 38.7 Å². The van der Waals surface area contributed by atoms with Gasteiger partial charge in [0.2, 0.25) is 5.91 Å². The molecule has 37 heavy (non-hydrogen) atoms. The van der Waals surface area contributed by atoms with Crippen LogP contribution in [0.15, 0.2) is 73.2 Å². The van der Waals surface area contributed by atoms with Gasteiger partial charge in [0.1, 0.15) is 22.9 Å². The van der Waals surface area contributed by atoms with Crippen LogP contribution in [0, 0.1) is 0 Å². The van der Waals surface area contributed by atoms with E-state index >= 15 is 0 Å². The molecule has 2 aromatic carbocycles. The lowest BCUT2D eigenvalue weighted by Crippen LogP contribution is -2.39. The number of aromatic nitrogens is 5. The average Bonchev–Trinajstić information content (AvgIpc) is 3.64. The summed E-state index contributed by atoms with van der Waals surface area (Å²) in [5, 5.41) is 2.25. The van der Waals surface area contributed by atoms with Crippen LogP contribution in [0.2, 0.25) is 0 Å². The molecule has 1 amide bonds. The van der Waals surface area contributed by atoms with Gasteiger partial charge < -0.3 is 20.6 Å². The van der Waals surface area contributed by atoms with Crippen LogP contribution >= 0.6 is 0 Å². The van der Waals surface area contributed by atoms with Crippen molar-refractivity contribution >= 4 is 39.0 Å². The van der Waals surface area contributed by atoms with Crippen molar-refractivity contribution in [2.75, 3.05) is 18.8 Å². The van der Waals surface area contributed by atoms with Crippen LogP contribution in [-0.2, 0) is 11.2 Å². The molecule has 0 spiro atoms. The van der Waals surface area contributed by atoms with E-state index in [2.05, 4.69) is 43.6 Å². The molecule has 1 aliphatic rings. The van der Waals surface area contributed by atoms with Gasteiger partial charge in [0, 0.05) is 59.4 Å². The summed E-state index contributed by atoms with van der Waals surface area (Å²) < 4.78 is 2.08. The Bertz CT molecular complexity index is 1730. The summed E-state index contributed by atoms with van der Waals surface area (Å²) in [5.41, 5.74) is 12.1. The number of hydrogen-bond donors (Lipinski definition) is 3. The lowest BCUT2D eigenvalue weighted by Gasteiger charge is -2.31. The third-order valence-corrected chi connectivity index (χ3v) is 7.62. The fraction of sp³-hybridized carbons (Fsp3) is 0.207. The number of carbonyl (C=O) groups is 1. The molecule has 0 bridgehead atoms. The molecule has 0 saturated carbocycles. The van der Waals surface area contributed by atoms with Gasteiger partial charge in [0.25, 0.3) is 0 Å². The van der Waals surface area contributed by atoms with E-state index in [9.17, 15) is 4.79 Å². The predicted molar refractivity (Wildman–Crippen MR) is 145 cm³/mol. The molecule has 7 rings (SSSR count). The zero-order valence-electron chi connectivity index (χ0n) is 20.3. The standard InChI is InChI=1S/C29H27N7O/c30-28-27-26(24-15-19-5-1-3-7-22(19)33-24)34-29(36(27)14-11-31-28)18-9-12-35(13-10-18)25(37)16-20-17-32-23-8-4-2-6-21(20)23/h1-8,11,14-15,17-18,32-33H,9-10,12-13,16H2,(H2,30,31). The Labute approximate surface area is 213 Å². The number of aromatic amines is 2. The maximum Gasteiger partial charge on any atom is 0.227 e. The zero-order chi connectivity index (χ0) is 24.9. The van der Waals surface area contributed by atoms with Crippen molar-refractivity contribution in [3.05, 3.63) is 84.6 Å². The Morgan fingerprint density at radius 2 is 1.84 bits per heavy atom. The molecule has 1 saturated heterocycles. The molecule has 0 radical (unpaired) electrons. The Kier molecular flexibility index (Phi) is 4.99. The minimum atomic E-state index is 0.170. The van der Waals surface area contributed by atoms with E-state index in [0.29, 0.717) is 25.3 Å². The summed E-state index contributed by atoms with van der Waals surface area (Å²) in [7, 11) is 0. The average molecular weight is 490 g/mol. The molecule has 0 unspecified atom stereocenters. The molecule has 1 fully saturated rings. The summed E-state index contributed by atoms with van der Waals surface area (Å²) >= 11 is 0. The summed E-state index contributed by atoms with van der Waals surface area (Å²) in [5.74, 6) is 1.83. The van der Waals surface area contributed by atoms with Crippen molar-refractivity contribution in [3.63, 3.8) is 0 Å². The molecular weight excluding hydrogens is 462 g/mol. The SMILES string of the molecule is Nc1nccn2c(C3CCN(C(=O)Cc4c[nH]c5ccccc45)CC3)nc(-c3cc4ccccc4[nH]3)c12. The quantitative estimate of drug-likeness (QED) is 0.328. The molecule has 4 N–H and O–H groups in total. The molecular formula is C29H27N7O. The van der Waals surface area contributed by atoms with Crippen LogP contribution in [-0.4, -0.2) is 48.2 Å². The van der Waals surface area contributed by atoms with Gasteiger partial charge in [-0.05, 0) is 36.6 Å². The van der Waals surface area contributed by atoms with Gasteiger partial charge in [0.15, 0.2) is 0 Å². The number of imidazole rings is 1. The van der Waals surface area contributed by atoms with Crippen LogP contribution < -0.4 is 5.73 Å². The van der Waals surface area contributed by atoms with Crippen molar-refractivity contribution < 1.29 is 4.79 Å². The maximum absolute atomic E-state index is 13.1. The highest BCUT2D eigenvalue weighted by Crippen LogP contribution is 2.35. The van der Waals surface area contributed by atoms with Crippen molar-refractivity contribution in [1.29, 1.82) is 0 Å². The van der Waals surface area contributed by atoms with Crippen LogP contribution in [0.1, 0.15) is 30.1 Å². The normalized spacial score (nSPS) is 14.8. The van der Waals surface area contributed by atoms with E-state index in [4.69, 9.17) is 10.7 Å². The molecule has 4 aromatic heterocycles. The second-order valence-electron chi connectivity index (χ2n) is 9.81. The monoisotopic (exact) mass is 489 g/mol. The first-order chi connectivity index (χ1) is 18.2. The third-order valence-electron chi connectivity index (χ3n) is 7.62. The highest BCUT2D eigenvalue weighted by atomic mass is 16.2. The Morgan fingerprint density at radius 1 is 1.05 bits per heavy atom. The van der Waals surface area contributed by atoms with Crippen molar-refractivity contribution in [2.24, 2.45) is 0 Å². The number of nitrogens with zero attached hydrogens (tertiary/aromatic N) is 4. The Morgan fingerprint density at radius 3 is 2.68 bits per heavy atom. The number of fused-ring (bicyclic) bond motifs is 3. The van der Waals surface area contributed by atoms with Gasteiger partial charge in [-0.15, -0.1) is 0 Å². The molecule has 0 atom stereocenters. The second kappa shape index (κ2) is 8.51. The van der Waals surface area contributed by atoms with E-state index in [1.165, 1.54) is 0 Å². The fourth-order valence-corrected chi connectivity index (χ4v) is 5.70. The zero-order valence-corrected chi connectivity index (χ0v) is 20.3. The Hall–Kier alpha value is -4.59. The van der Waals surface area contributed by atoms with E-state index in [-0.39, 0.29) is 11.8 Å². The van der Waals surface area contributed by atoms with E-state index < -0.39 is 0 Å². The number of anilines is 1. The van der Waals surface area contributed by atoms with Gasteiger partial charge in [-0.2, -0.15) is 0 Å². The van der Waals surface area contributed by atoms with Gasteiger partial charge in [-0.1, -0.05) is 36.4 Å². The highest BCUT2D eigenvalue weighted by Gasteiger charge is 2.29. The summed E-state index contributed by atoms with van der Waals surface area (Å²) in [6.07, 6.45) is 7.74. The number of H-pyrrole nitrogens is 2. The van der Waals surface area contributed by atoms with E-state index in [1.54, 1.807) is 6.20 Å². The number of rotatable bonds is 4. The second-order valence-corrected chi connectivity index (χ2v) is 9.81. The maximum atomic E-state index is 13.1. The number of likely N-dealkylation sites (tertiary alicyclic amines) is 1. The fourth-order valence-electron chi connectivity index (χ4n) is 5.70. The van der Waals surface area contributed by atoms with E-state index in [0.717, 1.165) is 62.9 Å². The predicted octanol–water partition coefficient (Wildman–Crippen LogP) is 4.89. The molecule has 8 nitrogen and oxygen atoms in total. The molecule has 184 valence electrons. The number of para-hydroxylation sites is 2. The number of benzene rings is 2. The first-order valence-electron chi connectivity index (χ1n) is 12.7. The molecule has 0 aliphatic carbocycles. The highest BCUT2D eigenvalue weighted by molar-refractivity contribution is 5.91. The lowest BCUT2D eigenvalue weighted by atomic mass is 9.95. The molecule has 6 aromatic rings. The number of piperidine rings is 1. The summed E-state index contributed by atoms with van der Waals surface area (Å²) in [6.45, 7) is 1.42. The summed E-state index contributed by atoms with van der Waals surface area (Å²) in [6, 6.07) is 18.4. The number of hydrogen-bond acceptors (Lipinski definition) is 4. The number of amides is 1. The van der Waals surface area contributed by atoms with E-state index in [1.807, 2.05) is 47.6 Å². The largest absolute Gasteiger partial charge is 0.382 e. The van der Waals surface area contributed by atoms with Crippen LogP contribution in [0.5, 0.6) is 0 Å².